The molecule has 3 aliphatic rings. The molecule has 19 nitrogen and oxygen atoms in total. The van der Waals surface area contributed by atoms with Gasteiger partial charge in [-0.3, -0.25) is 9.48 Å². The molecular weight excluding hydrogens is 939 g/mol. The maximum Gasteiger partial charge on any atom is 0.309 e. The quantitative estimate of drug-likeness (QED) is 0.127. The van der Waals surface area contributed by atoms with E-state index in [0.29, 0.717) is 51.3 Å². The Hall–Kier alpha value is -2.86. The summed E-state index contributed by atoms with van der Waals surface area (Å²) in [6, 6.07) is 5.33. The van der Waals surface area contributed by atoms with Crippen LogP contribution in [0.25, 0.3) is 0 Å². The molecule has 2 aromatic rings. The second-order valence-corrected chi connectivity index (χ2v) is 24.0. The molecule has 5 N–H and O–H groups in total. The number of benzene rings is 1. The Bertz CT molecular complexity index is 2110. The fourth-order valence-corrected chi connectivity index (χ4v) is 12.1. The molecule has 18 atom stereocenters. The van der Waals surface area contributed by atoms with Gasteiger partial charge in [0, 0.05) is 76.5 Å². The molecular formula is C51H87N5O14S. The average molecular weight is 1030 g/mol. The third-order valence-corrected chi connectivity index (χ3v) is 16.9. The number of cyclic esters (lactones) is 1. The topological polar surface area (TPSA) is 245 Å². The molecule has 0 radical (unpaired) electrons. The Balaban J connectivity index is 1.38. The van der Waals surface area contributed by atoms with Crippen molar-refractivity contribution in [2.45, 2.75) is 203 Å². The van der Waals surface area contributed by atoms with Crippen molar-refractivity contribution in [3.05, 3.63) is 36.2 Å². The van der Waals surface area contributed by atoms with Crippen molar-refractivity contribution in [2.24, 2.45) is 23.7 Å². The van der Waals surface area contributed by atoms with Crippen molar-refractivity contribution >= 4 is 15.8 Å². The lowest BCUT2D eigenvalue weighted by atomic mass is 9.68. The number of hydrogen-bond acceptors (Lipinski definition) is 18. The second kappa shape index (κ2) is 24.2. The van der Waals surface area contributed by atoms with E-state index >= 15 is 0 Å². The predicted octanol–water partition coefficient (Wildman–Crippen LogP) is 3.25. The first-order valence-corrected chi connectivity index (χ1v) is 27.4. The minimum absolute atomic E-state index is 0.179. The summed E-state index contributed by atoms with van der Waals surface area (Å²) in [5.74, 6) is -2.60. The first-order chi connectivity index (χ1) is 33.0. The molecule has 0 saturated carbocycles. The highest BCUT2D eigenvalue weighted by molar-refractivity contribution is 7.90. The third kappa shape index (κ3) is 14.3. The number of sulfone groups is 1. The van der Waals surface area contributed by atoms with E-state index in [1.807, 2.05) is 46.0 Å². The highest BCUT2D eigenvalue weighted by Gasteiger charge is 2.55. The van der Waals surface area contributed by atoms with Crippen molar-refractivity contribution in [1.29, 1.82) is 0 Å². The maximum atomic E-state index is 14.6. The van der Waals surface area contributed by atoms with E-state index in [9.17, 15) is 38.7 Å². The Morgan fingerprint density at radius 3 is 2.25 bits per heavy atom. The lowest BCUT2D eigenvalue weighted by Crippen LogP contribution is -2.62. The van der Waals surface area contributed by atoms with Crippen molar-refractivity contribution in [1.82, 2.24) is 24.8 Å². The third-order valence-electron chi connectivity index (χ3n) is 15.8. The van der Waals surface area contributed by atoms with E-state index in [2.05, 4.69) is 15.2 Å². The lowest BCUT2D eigenvalue weighted by molar-refractivity contribution is -0.302. The molecule has 3 aliphatic heterocycles. The number of nitrogens with zero attached hydrogens (tertiary/aromatic N) is 5. The lowest BCUT2D eigenvalue weighted by Gasteiger charge is -2.51. The molecule has 1 aromatic heterocycles. The van der Waals surface area contributed by atoms with Crippen LogP contribution in [0.3, 0.4) is 0 Å². The van der Waals surface area contributed by atoms with Crippen LogP contribution >= 0.6 is 0 Å². The molecule has 0 amide bonds. The van der Waals surface area contributed by atoms with Crippen LogP contribution in [0.15, 0.2) is 35.4 Å². The zero-order valence-corrected chi connectivity index (χ0v) is 45.5. The summed E-state index contributed by atoms with van der Waals surface area (Å²) < 4.78 is 63.2. The van der Waals surface area contributed by atoms with Gasteiger partial charge in [0.1, 0.15) is 35.8 Å². The van der Waals surface area contributed by atoms with Crippen LogP contribution in [0.1, 0.15) is 107 Å². The van der Waals surface area contributed by atoms with E-state index in [1.165, 1.54) is 26.2 Å². The van der Waals surface area contributed by atoms with Crippen LogP contribution in [0.2, 0.25) is 0 Å². The van der Waals surface area contributed by atoms with E-state index in [0.717, 1.165) is 11.9 Å². The Labute approximate surface area is 422 Å². The van der Waals surface area contributed by atoms with E-state index in [1.54, 1.807) is 58.4 Å². The zero-order valence-electron chi connectivity index (χ0n) is 44.7. The molecule has 3 saturated heterocycles. The predicted molar refractivity (Wildman–Crippen MR) is 265 cm³/mol. The number of aliphatic hydroxyl groups is 5. The number of carbonyl (C=O) groups is 1. The van der Waals surface area contributed by atoms with Crippen molar-refractivity contribution in [3.63, 3.8) is 0 Å². The zero-order chi connectivity index (χ0) is 53.0. The second-order valence-electron chi connectivity index (χ2n) is 21.9. The number of ether oxygens (including phenoxy) is 6. The van der Waals surface area contributed by atoms with Gasteiger partial charge in [-0.05, 0) is 111 Å². The summed E-state index contributed by atoms with van der Waals surface area (Å²) in [5.41, 5.74) is -3.71. The summed E-state index contributed by atoms with van der Waals surface area (Å²) in [7, 11) is 2.01. The minimum Gasteiger partial charge on any atom is -0.494 e. The number of aryl methyl sites for hydroxylation is 1. The standard InChI is InChI=1S/C51H87N5O14S/c1-15-41-51(10,62)44(58)34(6)55(12)28-30(2)26-49(8,61)46(32(4)42(33(5)47(60)69-41)40-27-50(9,65-13)45(59)35(7)68-40)70-48-43(57)39(25-31(3)67-48)54(11)23-21-36-29-56(53-52-36)22-16-24-66-37-17-19-38(20-18-37)71(14,63)64/h17-20,29-35,39-46,48,57-59,61-62H,15-16,21-28H2,1-14H3/t30-,31-,32+,33-,34-,35+,39+,40?,41-,42+,43-,44-,45+,46-,48+,49-,50-,51-/m1/s1. The smallest absolute Gasteiger partial charge is 0.309 e. The molecule has 5 rings (SSSR count). The van der Waals surface area contributed by atoms with Crippen LogP contribution in [-0.2, 0) is 51.3 Å². The van der Waals surface area contributed by atoms with E-state index in [-0.39, 0.29) is 36.2 Å². The Morgan fingerprint density at radius 2 is 1.63 bits per heavy atom. The molecule has 4 heterocycles. The molecule has 20 heteroatoms. The monoisotopic (exact) mass is 1030 g/mol. The average Bonchev–Trinajstić information content (AvgIpc) is 3.76. The number of likely N-dealkylation sites (N-methyl/N-ethyl adjacent to an activating group) is 2. The van der Waals surface area contributed by atoms with E-state index < -0.39 is 111 Å². The van der Waals surface area contributed by atoms with Gasteiger partial charge in [0.15, 0.2) is 16.1 Å². The summed E-state index contributed by atoms with van der Waals surface area (Å²) >= 11 is 0. The fraction of sp³-hybridized carbons (Fsp3) is 0.824. The molecule has 0 aliphatic carbocycles. The molecule has 0 bridgehead atoms. The van der Waals surface area contributed by atoms with Crippen molar-refractivity contribution in [3.8, 4) is 5.75 Å². The molecule has 0 spiro atoms. The van der Waals surface area contributed by atoms with Crippen LogP contribution < -0.4 is 4.74 Å². The van der Waals surface area contributed by atoms with Gasteiger partial charge < -0.3 is 63.8 Å². The first-order valence-electron chi connectivity index (χ1n) is 25.5. The fourth-order valence-electron chi connectivity index (χ4n) is 11.4. The number of aromatic nitrogens is 3. The van der Waals surface area contributed by atoms with Crippen LogP contribution in [-0.4, -0.2) is 196 Å². The summed E-state index contributed by atoms with van der Waals surface area (Å²) in [6.07, 6.45) is -3.22. The molecule has 1 unspecified atom stereocenters. The van der Waals surface area contributed by atoms with Gasteiger partial charge in [-0.2, -0.15) is 0 Å². The number of esters is 1. The van der Waals surface area contributed by atoms with Crippen molar-refractivity contribution in [2.75, 3.05) is 47.2 Å². The molecule has 406 valence electrons. The van der Waals surface area contributed by atoms with Gasteiger partial charge in [0.2, 0.25) is 0 Å². The van der Waals surface area contributed by atoms with Crippen LogP contribution in [0.4, 0.5) is 0 Å². The highest BCUT2D eigenvalue weighted by atomic mass is 32.2. The van der Waals surface area contributed by atoms with Gasteiger partial charge in [0.05, 0.1) is 58.7 Å². The van der Waals surface area contributed by atoms with Crippen molar-refractivity contribution < 1.29 is 67.2 Å². The summed E-state index contributed by atoms with van der Waals surface area (Å²) in [6.45, 7) is 19.8. The van der Waals surface area contributed by atoms with E-state index in [4.69, 9.17) is 28.4 Å². The minimum atomic E-state index is -3.29. The highest BCUT2D eigenvalue weighted by Crippen LogP contribution is 2.45. The number of rotatable bonds is 15. The molecule has 1 aromatic carbocycles. The maximum absolute atomic E-state index is 14.6. The molecule has 3 fully saturated rings. The first kappa shape index (κ1) is 59.0. The largest absolute Gasteiger partial charge is 0.494 e. The number of hydrogen-bond donors (Lipinski definition) is 5. The van der Waals surface area contributed by atoms with Gasteiger partial charge in [-0.1, -0.05) is 32.9 Å². The Morgan fingerprint density at radius 1 is 0.972 bits per heavy atom. The number of methoxy groups -OCH3 is 1. The van der Waals surface area contributed by atoms with Gasteiger partial charge in [0.25, 0.3) is 0 Å². The summed E-state index contributed by atoms with van der Waals surface area (Å²) in [4.78, 5) is 18.8. The van der Waals surface area contributed by atoms with Crippen LogP contribution in [0, 0.1) is 23.7 Å². The summed E-state index contributed by atoms with van der Waals surface area (Å²) in [5, 5.41) is 68.7. The SMILES string of the molecule is CC[C@H]1OC(=O)[C@H](C)[C@@H](C2C[C@@](C)(OC)[C@@H](O)[C@H](C)O2)[C@H](C)[C@@H](O[C@@H]2O[C@H](C)C[C@H](N(C)CCc3cn(CCCOc4ccc(S(C)(=O)=O)cc4)nn3)[C@H]2O)[C@](C)(O)C[C@@H](C)CN(C)[C@H](C)[C@@H](O)[C@]1(C)O. The normalized spacial score (nSPS) is 39.7. The Kier molecular flexibility index (Phi) is 20.1. The van der Waals surface area contributed by atoms with Gasteiger partial charge >= 0.3 is 5.97 Å². The van der Waals surface area contributed by atoms with Gasteiger partial charge in [-0.15, -0.1) is 5.10 Å². The molecule has 71 heavy (non-hydrogen) atoms. The number of carbonyl (C=O) groups excluding carboxylic acids is 1. The van der Waals surface area contributed by atoms with Gasteiger partial charge in [-0.25, -0.2) is 8.42 Å². The number of aliphatic hydroxyl groups excluding tert-OH is 3. The van der Waals surface area contributed by atoms with Crippen LogP contribution in [0.5, 0.6) is 5.75 Å².